The molecule has 0 spiro atoms. The number of aromatic nitrogens is 3. The van der Waals surface area contributed by atoms with E-state index >= 15 is 0 Å². The van der Waals surface area contributed by atoms with Gasteiger partial charge < -0.3 is 9.64 Å². The van der Waals surface area contributed by atoms with Crippen molar-refractivity contribution in [2.75, 3.05) is 38.8 Å². The number of carbonyl (C=O) groups is 1. The summed E-state index contributed by atoms with van der Waals surface area (Å²) in [5.74, 6) is 0.681. The molecule has 130 valence electrons. The largest absolute Gasteiger partial charge is 0.448 e. The molecule has 0 unspecified atom stereocenters. The van der Waals surface area contributed by atoms with E-state index in [1.54, 1.807) is 36.0 Å². The monoisotopic (exact) mass is 340 g/mol. The molecule has 0 amide bonds. The third-order valence-electron chi connectivity index (χ3n) is 3.58. The summed E-state index contributed by atoms with van der Waals surface area (Å²) >= 11 is 0. The summed E-state index contributed by atoms with van der Waals surface area (Å²) in [6.07, 6.45) is 9.87. The van der Waals surface area contributed by atoms with E-state index in [9.17, 15) is 4.79 Å². The zero-order valence-electron chi connectivity index (χ0n) is 14.2. The molecule has 0 saturated carbocycles. The Morgan fingerprint density at radius 3 is 3.04 bits per heavy atom. The normalized spacial score (nSPS) is 15.3. The molecule has 3 heterocycles. The van der Waals surface area contributed by atoms with Crippen LogP contribution < -0.4 is 5.01 Å². The highest BCUT2D eigenvalue weighted by Crippen LogP contribution is 2.17. The van der Waals surface area contributed by atoms with Crippen molar-refractivity contribution in [2.24, 2.45) is 5.10 Å². The van der Waals surface area contributed by atoms with Gasteiger partial charge in [-0.05, 0) is 37.9 Å². The van der Waals surface area contributed by atoms with Crippen molar-refractivity contribution in [3.05, 3.63) is 48.2 Å². The maximum absolute atomic E-state index is 12.2. The minimum Gasteiger partial charge on any atom is -0.448 e. The van der Waals surface area contributed by atoms with Crippen molar-refractivity contribution in [2.45, 2.75) is 0 Å². The van der Waals surface area contributed by atoms with E-state index < -0.39 is 0 Å². The Balaban J connectivity index is 1.66. The van der Waals surface area contributed by atoms with Crippen molar-refractivity contribution < 1.29 is 9.53 Å². The fourth-order valence-electron chi connectivity index (χ4n) is 2.30. The SMILES string of the molecule is CN(C)CCOC(=O)n1cccc1/C=C1\C=NN(c2cnccn2)C1. The Kier molecular flexibility index (Phi) is 5.20. The second-order valence-electron chi connectivity index (χ2n) is 5.81. The van der Waals surface area contributed by atoms with Crippen LogP contribution in [0.1, 0.15) is 5.69 Å². The lowest BCUT2D eigenvalue weighted by molar-refractivity contribution is 0.138. The minimum absolute atomic E-state index is 0.349. The van der Waals surface area contributed by atoms with Gasteiger partial charge in [-0.25, -0.2) is 14.8 Å². The number of likely N-dealkylation sites (N-methyl/N-ethyl adjacent to an activating group) is 1. The molecule has 1 aliphatic rings. The maximum atomic E-state index is 12.2. The van der Waals surface area contributed by atoms with E-state index in [4.69, 9.17) is 4.74 Å². The number of ether oxygens (including phenoxy) is 1. The molecule has 0 aliphatic carbocycles. The lowest BCUT2D eigenvalue weighted by atomic mass is 10.2. The molecule has 8 heteroatoms. The van der Waals surface area contributed by atoms with E-state index in [0.29, 0.717) is 25.5 Å². The molecular weight excluding hydrogens is 320 g/mol. The highest BCUT2D eigenvalue weighted by molar-refractivity contribution is 5.90. The third-order valence-corrected chi connectivity index (χ3v) is 3.58. The van der Waals surface area contributed by atoms with Gasteiger partial charge in [0, 0.05) is 25.1 Å². The summed E-state index contributed by atoms with van der Waals surface area (Å²) in [6, 6.07) is 3.67. The van der Waals surface area contributed by atoms with E-state index in [2.05, 4.69) is 15.1 Å². The standard InChI is InChI=1S/C17H20N6O2/c1-21(2)8-9-25-17(24)22-7-3-4-15(22)10-14-11-20-23(13-14)16-12-18-5-6-19-16/h3-7,10-12H,8-9,13H2,1-2H3/b14-10+. The van der Waals surface area contributed by atoms with Crippen LogP contribution in [-0.2, 0) is 4.74 Å². The van der Waals surface area contributed by atoms with Crippen LogP contribution in [0, 0.1) is 0 Å². The minimum atomic E-state index is -0.389. The van der Waals surface area contributed by atoms with Gasteiger partial charge in [0.25, 0.3) is 0 Å². The first-order chi connectivity index (χ1) is 12.1. The summed E-state index contributed by atoms with van der Waals surface area (Å²) in [6.45, 7) is 1.60. The van der Waals surface area contributed by atoms with Crippen LogP contribution in [0.3, 0.4) is 0 Å². The summed E-state index contributed by atoms with van der Waals surface area (Å²) in [7, 11) is 3.86. The van der Waals surface area contributed by atoms with Crippen LogP contribution in [0.4, 0.5) is 10.6 Å². The Bertz CT molecular complexity index is 781. The third kappa shape index (κ3) is 4.30. The quantitative estimate of drug-likeness (QED) is 0.825. The lowest BCUT2D eigenvalue weighted by Crippen LogP contribution is -2.22. The first kappa shape index (κ1) is 16.8. The highest BCUT2D eigenvalue weighted by atomic mass is 16.5. The van der Waals surface area contributed by atoms with E-state index in [1.165, 1.54) is 4.57 Å². The number of nitrogens with zero attached hydrogens (tertiary/aromatic N) is 6. The zero-order chi connectivity index (χ0) is 17.6. The molecule has 0 fully saturated rings. The Morgan fingerprint density at radius 2 is 2.28 bits per heavy atom. The zero-order valence-corrected chi connectivity index (χ0v) is 14.2. The van der Waals surface area contributed by atoms with Crippen LogP contribution in [0.15, 0.2) is 47.6 Å². The topological polar surface area (TPSA) is 75.8 Å². The number of carbonyl (C=O) groups excluding carboxylic acids is 1. The first-order valence-corrected chi connectivity index (χ1v) is 7.91. The summed E-state index contributed by atoms with van der Waals surface area (Å²) < 4.78 is 6.77. The van der Waals surface area contributed by atoms with Crippen LogP contribution >= 0.6 is 0 Å². The molecule has 3 rings (SSSR count). The van der Waals surface area contributed by atoms with Crippen molar-refractivity contribution >= 4 is 24.2 Å². The van der Waals surface area contributed by atoms with E-state index in [-0.39, 0.29) is 6.09 Å². The highest BCUT2D eigenvalue weighted by Gasteiger charge is 2.16. The van der Waals surface area contributed by atoms with Gasteiger partial charge in [-0.3, -0.25) is 9.55 Å². The van der Waals surface area contributed by atoms with E-state index in [0.717, 1.165) is 11.3 Å². The summed E-state index contributed by atoms with van der Waals surface area (Å²) in [5, 5.41) is 6.07. The van der Waals surface area contributed by atoms with Gasteiger partial charge in [0.05, 0.1) is 24.7 Å². The van der Waals surface area contributed by atoms with Crippen molar-refractivity contribution in [3.63, 3.8) is 0 Å². The van der Waals surface area contributed by atoms with Crippen LogP contribution in [0.25, 0.3) is 6.08 Å². The number of hydrazone groups is 1. The van der Waals surface area contributed by atoms with Gasteiger partial charge in [0.15, 0.2) is 5.82 Å². The maximum Gasteiger partial charge on any atom is 0.418 e. The predicted octanol–water partition coefficient (Wildman–Crippen LogP) is 1.71. The van der Waals surface area contributed by atoms with Crippen LogP contribution in [0.5, 0.6) is 0 Å². The second kappa shape index (κ2) is 7.71. The molecule has 8 nitrogen and oxygen atoms in total. The van der Waals surface area contributed by atoms with Crippen LogP contribution in [-0.4, -0.2) is 65.5 Å². The van der Waals surface area contributed by atoms with Gasteiger partial charge in [0.1, 0.15) is 6.61 Å². The molecule has 2 aromatic heterocycles. The summed E-state index contributed by atoms with van der Waals surface area (Å²) in [5.41, 5.74) is 1.71. The number of rotatable bonds is 5. The van der Waals surface area contributed by atoms with Crippen molar-refractivity contribution in [3.8, 4) is 0 Å². The molecule has 0 N–H and O–H groups in total. The van der Waals surface area contributed by atoms with Gasteiger partial charge in [-0.15, -0.1) is 0 Å². The fourth-order valence-corrected chi connectivity index (χ4v) is 2.30. The predicted molar refractivity (Wildman–Crippen MR) is 95.6 cm³/mol. The van der Waals surface area contributed by atoms with Gasteiger partial charge in [-0.2, -0.15) is 5.10 Å². The lowest BCUT2D eigenvalue weighted by Gasteiger charge is -2.12. The Morgan fingerprint density at radius 1 is 1.40 bits per heavy atom. The number of anilines is 1. The molecular formula is C17H20N6O2. The fraction of sp³-hybridized carbons (Fsp3) is 0.294. The van der Waals surface area contributed by atoms with Crippen molar-refractivity contribution in [1.82, 2.24) is 19.4 Å². The van der Waals surface area contributed by atoms with Crippen molar-refractivity contribution in [1.29, 1.82) is 0 Å². The van der Waals surface area contributed by atoms with Gasteiger partial charge >= 0.3 is 6.09 Å². The molecule has 0 radical (unpaired) electrons. The second-order valence-corrected chi connectivity index (χ2v) is 5.81. The molecule has 0 saturated heterocycles. The van der Waals surface area contributed by atoms with Gasteiger partial charge in [-0.1, -0.05) is 0 Å². The molecule has 1 aliphatic heterocycles. The Labute approximate surface area is 146 Å². The molecule has 0 bridgehead atoms. The Hall–Kier alpha value is -3.00. The van der Waals surface area contributed by atoms with Crippen LogP contribution in [0.2, 0.25) is 0 Å². The molecule has 2 aromatic rings. The smallest absolute Gasteiger partial charge is 0.418 e. The molecule has 0 atom stereocenters. The van der Waals surface area contributed by atoms with Gasteiger partial charge in [0.2, 0.25) is 0 Å². The number of hydrogen-bond donors (Lipinski definition) is 0. The molecule has 0 aromatic carbocycles. The average Bonchev–Trinajstić information content (AvgIpc) is 3.25. The number of hydrogen-bond acceptors (Lipinski definition) is 7. The average molecular weight is 340 g/mol. The van der Waals surface area contributed by atoms with E-state index in [1.807, 2.05) is 37.2 Å². The summed E-state index contributed by atoms with van der Waals surface area (Å²) in [4.78, 5) is 22.4. The first-order valence-electron chi connectivity index (χ1n) is 7.91. The molecule has 25 heavy (non-hydrogen) atoms.